The van der Waals surface area contributed by atoms with Crippen molar-refractivity contribution in [2.24, 2.45) is 0 Å². The summed E-state index contributed by atoms with van der Waals surface area (Å²) in [5.41, 5.74) is 1.32. The van der Waals surface area contributed by atoms with Gasteiger partial charge in [0.05, 0.1) is 0 Å². The number of hydrogen-bond donors (Lipinski definition) is 1. The molecule has 1 nitrogen and oxygen atoms in total. The SMILES string of the molecule is C=C(C)CCC(NCCC)C1CSCCS1. The van der Waals surface area contributed by atoms with Gasteiger partial charge in [-0.2, -0.15) is 23.5 Å². The molecule has 1 N–H and O–H groups in total. The van der Waals surface area contributed by atoms with Crippen LogP contribution in [-0.4, -0.2) is 35.1 Å². The molecule has 0 aromatic rings. The average molecular weight is 259 g/mol. The second kappa shape index (κ2) is 8.48. The van der Waals surface area contributed by atoms with Crippen LogP contribution in [0.25, 0.3) is 0 Å². The second-order valence-electron chi connectivity index (χ2n) is 4.54. The van der Waals surface area contributed by atoms with Gasteiger partial charge in [0.15, 0.2) is 0 Å². The Hall–Kier alpha value is 0.400. The van der Waals surface area contributed by atoms with E-state index in [0.717, 1.165) is 11.8 Å². The maximum atomic E-state index is 4.01. The van der Waals surface area contributed by atoms with Crippen molar-refractivity contribution < 1.29 is 0 Å². The van der Waals surface area contributed by atoms with Crippen molar-refractivity contribution in [3.63, 3.8) is 0 Å². The molecular weight excluding hydrogens is 234 g/mol. The van der Waals surface area contributed by atoms with Crippen molar-refractivity contribution >= 4 is 23.5 Å². The number of thioether (sulfide) groups is 2. The molecule has 16 heavy (non-hydrogen) atoms. The first-order chi connectivity index (χ1) is 7.74. The zero-order valence-electron chi connectivity index (χ0n) is 10.6. The van der Waals surface area contributed by atoms with Crippen molar-refractivity contribution in [2.45, 2.75) is 44.4 Å². The molecule has 0 bridgehead atoms. The number of allylic oxidation sites excluding steroid dienone is 1. The van der Waals surface area contributed by atoms with E-state index in [2.05, 4.69) is 49.3 Å². The molecule has 0 aliphatic carbocycles. The minimum atomic E-state index is 0.689. The number of nitrogens with one attached hydrogen (secondary N) is 1. The first-order valence-electron chi connectivity index (χ1n) is 6.31. The van der Waals surface area contributed by atoms with Crippen LogP contribution in [0.3, 0.4) is 0 Å². The van der Waals surface area contributed by atoms with Gasteiger partial charge in [-0.3, -0.25) is 0 Å². The summed E-state index contributed by atoms with van der Waals surface area (Å²) < 4.78 is 0. The Morgan fingerprint density at radius 1 is 1.50 bits per heavy atom. The smallest absolute Gasteiger partial charge is 0.0292 e. The highest BCUT2D eigenvalue weighted by Gasteiger charge is 2.23. The third-order valence-electron chi connectivity index (χ3n) is 2.83. The zero-order chi connectivity index (χ0) is 11.8. The summed E-state index contributed by atoms with van der Waals surface area (Å²) in [6, 6.07) is 0.689. The molecule has 0 amide bonds. The third-order valence-corrected chi connectivity index (χ3v) is 5.75. The van der Waals surface area contributed by atoms with Gasteiger partial charge in [-0.05, 0) is 32.7 Å². The van der Waals surface area contributed by atoms with Gasteiger partial charge < -0.3 is 5.32 Å². The van der Waals surface area contributed by atoms with Gasteiger partial charge >= 0.3 is 0 Å². The highest BCUT2D eigenvalue weighted by molar-refractivity contribution is 8.06. The standard InChI is InChI=1S/C13H25NS2/c1-4-7-14-12(6-5-11(2)3)13-10-15-8-9-16-13/h12-14H,2,4-10H2,1,3H3. The lowest BCUT2D eigenvalue weighted by Gasteiger charge is -2.30. The molecule has 0 saturated carbocycles. The van der Waals surface area contributed by atoms with Gasteiger partial charge in [0.2, 0.25) is 0 Å². The van der Waals surface area contributed by atoms with E-state index in [4.69, 9.17) is 0 Å². The quantitative estimate of drug-likeness (QED) is 0.702. The van der Waals surface area contributed by atoms with Gasteiger partial charge in [0.1, 0.15) is 0 Å². The fourth-order valence-corrected chi connectivity index (χ4v) is 4.82. The Bertz CT molecular complexity index is 200. The highest BCUT2D eigenvalue weighted by atomic mass is 32.2. The first kappa shape index (κ1) is 14.5. The highest BCUT2D eigenvalue weighted by Crippen LogP contribution is 2.28. The molecule has 1 heterocycles. The molecule has 1 saturated heterocycles. The summed E-state index contributed by atoms with van der Waals surface area (Å²) >= 11 is 4.28. The van der Waals surface area contributed by atoms with E-state index in [1.54, 1.807) is 0 Å². The van der Waals surface area contributed by atoms with E-state index in [9.17, 15) is 0 Å². The summed E-state index contributed by atoms with van der Waals surface area (Å²) in [7, 11) is 0. The molecule has 2 atom stereocenters. The van der Waals surface area contributed by atoms with Crippen LogP contribution >= 0.6 is 23.5 Å². The fraction of sp³-hybridized carbons (Fsp3) is 0.846. The largest absolute Gasteiger partial charge is 0.313 e. The molecule has 0 aromatic carbocycles. The van der Waals surface area contributed by atoms with Crippen LogP contribution in [0.1, 0.15) is 33.1 Å². The molecule has 0 aromatic heterocycles. The molecule has 1 aliphatic rings. The summed E-state index contributed by atoms with van der Waals surface area (Å²) in [5.74, 6) is 3.98. The minimum Gasteiger partial charge on any atom is -0.313 e. The summed E-state index contributed by atoms with van der Waals surface area (Å²) in [4.78, 5) is 0. The second-order valence-corrected chi connectivity index (χ2v) is 7.04. The fourth-order valence-electron chi connectivity index (χ4n) is 1.89. The van der Waals surface area contributed by atoms with Crippen LogP contribution in [0.5, 0.6) is 0 Å². The number of rotatable bonds is 7. The third kappa shape index (κ3) is 5.65. The van der Waals surface area contributed by atoms with Crippen LogP contribution in [0.4, 0.5) is 0 Å². The lowest BCUT2D eigenvalue weighted by Crippen LogP contribution is -2.41. The minimum absolute atomic E-state index is 0.689. The van der Waals surface area contributed by atoms with Crippen LogP contribution in [0.15, 0.2) is 12.2 Å². The number of hydrogen-bond acceptors (Lipinski definition) is 3. The molecule has 1 fully saturated rings. The Labute approximate surface area is 109 Å². The first-order valence-corrected chi connectivity index (χ1v) is 8.51. The van der Waals surface area contributed by atoms with Crippen LogP contribution in [0.2, 0.25) is 0 Å². The molecule has 1 rings (SSSR count). The topological polar surface area (TPSA) is 12.0 Å². The predicted molar refractivity (Wildman–Crippen MR) is 79.7 cm³/mol. The zero-order valence-corrected chi connectivity index (χ0v) is 12.3. The summed E-state index contributed by atoms with van der Waals surface area (Å²) in [6.45, 7) is 9.55. The van der Waals surface area contributed by atoms with Crippen molar-refractivity contribution in [1.29, 1.82) is 0 Å². The lowest BCUT2D eigenvalue weighted by molar-refractivity contribution is 0.478. The van der Waals surface area contributed by atoms with Crippen molar-refractivity contribution in [2.75, 3.05) is 23.8 Å². The van der Waals surface area contributed by atoms with E-state index < -0.39 is 0 Å². The van der Waals surface area contributed by atoms with E-state index in [-0.39, 0.29) is 0 Å². The summed E-state index contributed by atoms with van der Waals surface area (Å²) in [6.07, 6.45) is 3.66. The van der Waals surface area contributed by atoms with Gasteiger partial charge in [-0.1, -0.05) is 12.5 Å². The van der Waals surface area contributed by atoms with Crippen LogP contribution < -0.4 is 5.32 Å². The Kier molecular flexibility index (Phi) is 7.67. The maximum absolute atomic E-state index is 4.01. The summed E-state index contributed by atoms with van der Waals surface area (Å²) in [5, 5.41) is 4.53. The van der Waals surface area contributed by atoms with E-state index in [1.165, 1.54) is 42.1 Å². The Balaban J connectivity index is 2.37. The van der Waals surface area contributed by atoms with Gasteiger partial charge in [0.25, 0.3) is 0 Å². The molecule has 0 spiro atoms. The normalized spacial score (nSPS) is 23.0. The van der Waals surface area contributed by atoms with Crippen LogP contribution in [-0.2, 0) is 0 Å². The Morgan fingerprint density at radius 2 is 2.31 bits per heavy atom. The lowest BCUT2D eigenvalue weighted by atomic mass is 10.0. The van der Waals surface area contributed by atoms with E-state index in [0.29, 0.717) is 6.04 Å². The van der Waals surface area contributed by atoms with E-state index in [1.807, 2.05) is 0 Å². The molecular formula is C13H25NS2. The molecule has 2 unspecified atom stereocenters. The van der Waals surface area contributed by atoms with Gasteiger partial charge in [0, 0.05) is 28.6 Å². The van der Waals surface area contributed by atoms with Crippen molar-refractivity contribution in [3.8, 4) is 0 Å². The van der Waals surface area contributed by atoms with Crippen molar-refractivity contribution in [3.05, 3.63) is 12.2 Å². The maximum Gasteiger partial charge on any atom is 0.0292 e. The molecule has 1 aliphatic heterocycles. The van der Waals surface area contributed by atoms with Crippen molar-refractivity contribution in [1.82, 2.24) is 5.32 Å². The molecule has 0 radical (unpaired) electrons. The van der Waals surface area contributed by atoms with Gasteiger partial charge in [-0.15, -0.1) is 6.58 Å². The molecule has 3 heteroatoms. The molecule has 94 valence electrons. The Morgan fingerprint density at radius 3 is 2.88 bits per heavy atom. The van der Waals surface area contributed by atoms with Crippen LogP contribution in [0, 0.1) is 0 Å². The predicted octanol–water partition coefficient (Wildman–Crippen LogP) is 3.56. The van der Waals surface area contributed by atoms with Gasteiger partial charge in [-0.25, -0.2) is 0 Å². The van der Waals surface area contributed by atoms with E-state index >= 15 is 0 Å². The average Bonchev–Trinajstić information content (AvgIpc) is 2.30. The monoisotopic (exact) mass is 259 g/mol.